The van der Waals surface area contributed by atoms with E-state index in [4.69, 9.17) is 4.74 Å². The van der Waals surface area contributed by atoms with Gasteiger partial charge < -0.3 is 9.64 Å². The third kappa shape index (κ3) is 5.35. The number of aryl methyl sites for hydroxylation is 1. The zero-order valence-electron chi connectivity index (χ0n) is 16.3. The molecule has 1 aliphatic heterocycles. The lowest BCUT2D eigenvalue weighted by molar-refractivity contribution is -0.121. The molecule has 2 aromatic carbocycles. The topological polar surface area (TPSA) is 92.8 Å². The summed E-state index contributed by atoms with van der Waals surface area (Å²) in [4.78, 5) is 26.6. The van der Waals surface area contributed by atoms with E-state index in [1.807, 2.05) is 24.3 Å². The normalized spacial score (nSPS) is 13.5. The third-order valence-corrected chi connectivity index (χ3v) is 6.07. The lowest BCUT2D eigenvalue weighted by Crippen LogP contribution is -2.38. The van der Waals surface area contributed by atoms with Crippen LogP contribution in [-0.4, -0.2) is 39.2 Å². The molecule has 0 radical (unpaired) electrons. The number of esters is 1. The molecule has 1 N–H and O–H groups in total. The van der Waals surface area contributed by atoms with Gasteiger partial charge in [0.1, 0.15) is 0 Å². The lowest BCUT2D eigenvalue weighted by Gasteiger charge is -2.29. The van der Waals surface area contributed by atoms with E-state index in [0.29, 0.717) is 13.0 Å². The van der Waals surface area contributed by atoms with Gasteiger partial charge in [0.15, 0.2) is 6.61 Å². The Bertz CT molecular complexity index is 1000. The molecule has 1 heterocycles. The zero-order chi connectivity index (χ0) is 20.9. The van der Waals surface area contributed by atoms with Crippen LogP contribution >= 0.6 is 0 Å². The highest BCUT2D eigenvalue weighted by atomic mass is 32.2. The number of carbonyl (C=O) groups excluding carboxylic acids is 2. The fourth-order valence-corrected chi connectivity index (χ4v) is 4.42. The summed E-state index contributed by atoms with van der Waals surface area (Å²) in [5.41, 5.74) is 2.41. The Hall–Kier alpha value is -2.87. The molecule has 3 rings (SSSR count). The average molecular weight is 416 g/mol. The van der Waals surface area contributed by atoms with E-state index in [2.05, 4.69) is 4.72 Å². The maximum Gasteiger partial charge on any atom is 0.338 e. The largest absolute Gasteiger partial charge is 0.452 e. The Morgan fingerprint density at radius 2 is 1.93 bits per heavy atom. The van der Waals surface area contributed by atoms with Gasteiger partial charge in [0.2, 0.25) is 10.0 Å². The van der Waals surface area contributed by atoms with Crippen molar-refractivity contribution in [3.05, 3.63) is 59.7 Å². The lowest BCUT2D eigenvalue weighted by atomic mass is 10.0. The first-order chi connectivity index (χ1) is 13.9. The molecule has 29 heavy (non-hydrogen) atoms. The quantitative estimate of drug-likeness (QED) is 0.701. The molecule has 2 aromatic rings. The fourth-order valence-electron chi connectivity index (χ4n) is 3.29. The summed E-state index contributed by atoms with van der Waals surface area (Å²) in [6, 6.07) is 13.7. The molecule has 0 unspecified atom stereocenters. The molecular weight excluding hydrogens is 392 g/mol. The Balaban J connectivity index is 1.63. The van der Waals surface area contributed by atoms with Crippen molar-refractivity contribution in [2.24, 2.45) is 0 Å². The number of amides is 1. The van der Waals surface area contributed by atoms with Gasteiger partial charge in [0.25, 0.3) is 5.91 Å². The van der Waals surface area contributed by atoms with Crippen LogP contribution in [0.5, 0.6) is 0 Å². The van der Waals surface area contributed by atoms with Crippen molar-refractivity contribution in [2.45, 2.75) is 26.2 Å². The third-order valence-electron chi connectivity index (χ3n) is 4.58. The van der Waals surface area contributed by atoms with Crippen molar-refractivity contribution in [1.29, 1.82) is 0 Å². The number of fused-ring (bicyclic) bond motifs is 1. The number of ether oxygens (including phenoxy) is 1. The van der Waals surface area contributed by atoms with Gasteiger partial charge in [0.05, 0.1) is 11.3 Å². The number of sulfonamides is 1. The second-order valence-electron chi connectivity index (χ2n) is 6.86. The molecule has 0 aromatic heterocycles. The highest BCUT2D eigenvalue weighted by Gasteiger charge is 2.23. The minimum Gasteiger partial charge on any atom is -0.452 e. The first-order valence-electron chi connectivity index (χ1n) is 9.55. The van der Waals surface area contributed by atoms with Gasteiger partial charge in [-0.2, -0.15) is 0 Å². The van der Waals surface area contributed by atoms with Crippen molar-refractivity contribution in [3.63, 3.8) is 0 Å². The maximum absolute atomic E-state index is 12.6. The van der Waals surface area contributed by atoms with Crippen LogP contribution in [0, 0.1) is 0 Å². The smallest absolute Gasteiger partial charge is 0.338 e. The van der Waals surface area contributed by atoms with Crippen LogP contribution in [0.3, 0.4) is 0 Å². The Morgan fingerprint density at radius 3 is 2.72 bits per heavy atom. The number of anilines is 2. The molecule has 8 heteroatoms. The second-order valence-corrected chi connectivity index (χ2v) is 8.70. The van der Waals surface area contributed by atoms with E-state index < -0.39 is 16.0 Å². The number of hydrogen-bond acceptors (Lipinski definition) is 5. The summed E-state index contributed by atoms with van der Waals surface area (Å²) in [5, 5.41) is 0. The number of nitrogens with one attached hydrogen (secondary N) is 1. The molecule has 154 valence electrons. The predicted molar refractivity (Wildman–Crippen MR) is 112 cm³/mol. The number of carbonyl (C=O) groups is 2. The van der Waals surface area contributed by atoms with Crippen molar-refractivity contribution in [1.82, 2.24) is 0 Å². The van der Waals surface area contributed by atoms with Gasteiger partial charge in [-0.25, -0.2) is 13.2 Å². The van der Waals surface area contributed by atoms with Crippen molar-refractivity contribution < 1.29 is 22.7 Å². The first-order valence-corrected chi connectivity index (χ1v) is 11.2. The summed E-state index contributed by atoms with van der Waals surface area (Å²) in [7, 11) is -3.46. The SMILES string of the molecule is CCCS(=O)(=O)Nc1cccc(C(=O)OCC(=O)N2CCCc3ccccc32)c1. The van der Waals surface area contributed by atoms with Crippen LogP contribution in [0.4, 0.5) is 11.4 Å². The molecule has 0 fully saturated rings. The molecule has 0 bridgehead atoms. The summed E-state index contributed by atoms with van der Waals surface area (Å²) in [6.45, 7) is 1.98. The van der Waals surface area contributed by atoms with Gasteiger partial charge in [0, 0.05) is 17.9 Å². The number of nitrogens with zero attached hydrogens (tertiary/aromatic N) is 1. The standard InChI is InChI=1S/C21H24N2O5S/c1-2-13-29(26,27)22-18-10-5-8-17(14-18)21(25)28-15-20(24)23-12-6-9-16-7-3-4-11-19(16)23/h3-5,7-8,10-11,14,22H,2,6,9,12-13,15H2,1H3. The van der Waals surface area contributed by atoms with Crippen molar-refractivity contribution in [3.8, 4) is 0 Å². The number of hydrogen-bond donors (Lipinski definition) is 1. The van der Waals surface area contributed by atoms with Gasteiger partial charge in [-0.3, -0.25) is 9.52 Å². The predicted octanol–water partition coefficient (Wildman–Crippen LogP) is 2.97. The minimum absolute atomic E-state index is 0.00646. The molecule has 7 nitrogen and oxygen atoms in total. The first kappa shape index (κ1) is 20.9. The van der Waals surface area contributed by atoms with Crippen LogP contribution in [-0.2, 0) is 26.0 Å². The van der Waals surface area contributed by atoms with Crippen molar-refractivity contribution >= 4 is 33.3 Å². The van der Waals surface area contributed by atoms with Crippen molar-refractivity contribution in [2.75, 3.05) is 28.5 Å². The Morgan fingerprint density at radius 1 is 1.14 bits per heavy atom. The molecular formula is C21H24N2O5S. The molecule has 1 aliphatic rings. The summed E-state index contributed by atoms with van der Waals surface area (Å²) >= 11 is 0. The van der Waals surface area contributed by atoms with E-state index in [1.54, 1.807) is 24.0 Å². The molecule has 0 aliphatic carbocycles. The average Bonchev–Trinajstić information content (AvgIpc) is 2.71. The highest BCUT2D eigenvalue weighted by molar-refractivity contribution is 7.92. The van der Waals surface area contributed by atoms with E-state index in [-0.39, 0.29) is 29.5 Å². The van der Waals surface area contributed by atoms with Gasteiger partial charge in [-0.05, 0) is 49.1 Å². The summed E-state index contributed by atoms with van der Waals surface area (Å²) in [5.74, 6) is -0.974. The minimum atomic E-state index is -3.46. The molecule has 0 saturated carbocycles. The van der Waals surface area contributed by atoms with Gasteiger partial charge in [-0.15, -0.1) is 0 Å². The van der Waals surface area contributed by atoms with E-state index >= 15 is 0 Å². The monoisotopic (exact) mass is 416 g/mol. The molecule has 0 spiro atoms. The molecule has 0 saturated heterocycles. The van der Waals surface area contributed by atoms with E-state index in [9.17, 15) is 18.0 Å². The molecule has 0 atom stereocenters. The number of rotatable bonds is 7. The summed E-state index contributed by atoms with van der Waals surface area (Å²) < 4.78 is 31.4. The van der Waals surface area contributed by atoms with E-state index in [1.165, 1.54) is 12.1 Å². The molecule has 1 amide bonds. The Labute approximate surface area is 170 Å². The van der Waals surface area contributed by atoms with Gasteiger partial charge in [-0.1, -0.05) is 31.2 Å². The second kappa shape index (κ2) is 9.09. The maximum atomic E-state index is 12.6. The number of benzene rings is 2. The van der Waals surface area contributed by atoms with Crippen LogP contribution in [0.25, 0.3) is 0 Å². The fraction of sp³-hybridized carbons (Fsp3) is 0.333. The zero-order valence-corrected chi connectivity index (χ0v) is 17.1. The van der Waals surface area contributed by atoms with Crippen LogP contribution < -0.4 is 9.62 Å². The Kier molecular flexibility index (Phi) is 6.53. The highest BCUT2D eigenvalue weighted by Crippen LogP contribution is 2.26. The van der Waals surface area contributed by atoms with Crippen LogP contribution in [0.1, 0.15) is 35.7 Å². The van der Waals surface area contributed by atoms with Crippen LogP contribution in [0.15, 0.2) is 48.5 Å². The number of para-hydroxylation sites is 1. The van der Waals surface area contributed by atoms with Crippen LogP contribution in [0.2, 0.25) is 0 Å². The van der Waals surface area contributed by atoms with E-state index in [0.717, 1.165) is 24.1 Å². The van der Waals surface area contributed by atoms with Gasteiger partial charge >= 0.3 is 5.97 Å². The summed E-state index contributed by atoms with van der Waals surface area (Å²) in [6.07, 6.45) is 2.26.